The van der Waals surface area contributed by atoms with Crippen molar-refractivity contribution in [2.75, 3.05) is 24.9 Å². The van der Waals surface area contributed by atoms with Crippen LogP contribution in [-0.2, 0) is 17.8 Å². The molecule has 7 heteroatoms. The number of aromatic nitrogens is 2. The molecule has 0 saturated carbocycles. The molecule has 174 valence electrons. The minimum Gasteiger partial charge on any atom is -0.493 e. The zero-order chi connectivity index (χ0) is 23.9. The molecule has 0 unspecified atom stereocenters. The van der Waals surface area contributed by atoms with E-state index in [1.807, 2.05) is 79.7 Å². The maximum absolute atomic E-state index is 13.5. The van der Waals surface area contributed by atoms with Crippen molar-refractivity contribution in [2.45, 2.75) is 24.9 Å². The van der Waals surface area contributed by atoms with Crippen LogP contribution < -0.4 is 14.4 Å². The number of amides is 1. The minimum atomic E-state index is -0.00766. The minimum absolute atomic E-state index is 0.00766. The summed E-state index contributed by atoms with van der Waals surface area (Å²) >= 11 is 1.45. The maximum Gasteiger partial charge on any atom is 0.237 e. The Morgan fingerprint density at radius 1 is 0.912 bits per heavy atom. The van der Waals surface area contributed by atoms with E-state index in [1.165, 1.54) is 11.8 Å². The summed E-state index contributed by atoms with van der Waals surface area (Å²) in [5, 5.41) is 1.79. The molecule has 0 fully saturated rings. The van der Waals surface area contributed by atoms with E-state index in [0.717, 1.165) is 39.4 Å². The molecule has 0 spiro atoms. The van der Waals surface area contributed by atoms with Crippen molar-refractivity contribution < 1.29 is 14.3 Å². The summed E-state index contributed by atoms with van der Waals surface area (Å²) in [6.45, 7) is 2.44. The fourth-order valence-electron chi connectivity index (χ4n) is 3.66. The number of ether oxygens (including phenoxy) is 2. The van der Waals surface area contributed by atoms with Crippen LogP contribution in [0.5, 0.6) is 11.5 Å². The van der Waals surface area contributed by atoms with Gasteiger partial charge in [-0.2, -0.15) is 0 Å². The van der Waals surface area contributed by atoms with Crippen molar-refractivity contribution in [3.8, 4) is 11.5 Å². The van der Waals surface area contributed by atoms with Crippen LogP contribution in [0.1, 0.15) is 18.3 Å². The first-order valence-corrected chi connectivity index (χ1v) is 12.1. The van der Waals surface area contributed by atoms with Crippen molar-refractivity contribution in [1.82, 2.24) is 9.97 Å². The number of para-hydroxylation sites is 2. The molecular weight excluding hydrogens is 446 g/mol. The number of benzene rings is 3. The second kappa shape index (κ2) is 11.0. The van der Waals surface area contributed by atoms with E-state index in [9.17, 15) is 4.79 Å². The van der Waals surface area contributed by atoms with Crippen LogP contribution in [0.15, 0.2) is 77.8 Å². The Hall–Kier alpha value is -3.58. The molecule has 1 amide bonds. The predicted molar refractivity (Wildman–Crippen MR) is 137 cm³/mol. The van der Waals surface area contributed by atoms with Gasteiger partial charge in [-0.15, -0.1) is 0 Å². The van der Waals surface area contributed by atoms with Crippen molar-refractivity contribution in [2.24, 2.45) is 0 Å². The molecule has 0 N–H and O–H groups in total. The number of hydrogen-bond acceptors (Lipinski definition) is 6. The van der Waals surface area contributed by atoms with Gasteiger partial charge in [0.2, 0.25) is 5.91 Å². The van der Waals surface area contributed by atoms with Crippen LogP contribution in [0, 0.1) is 0 Å². The number of anilines is 1. The fourth-order valence-corrected chi connectivity index (χ4v) is 4.58. The lowest BCUT2D eigenvalue weighted by Crippen LogP contribution is -2.32. The Balaban J connectivity index is 1.60. The average Bonchev–Trinajstić information content (AvgIpc) is 2.90. The number of fused-ring (bicyclic) bond motifs is 1. The molecule has 6 nitrogen and oxygen atoms in total. The van der Waals surface area contributed by atoms with Gasteiger partial charge in [-0.3, -0.25) is 4.79 Å². The number of nitrogens with zero attached hydrogens (tertiary/aromatic N) is 3. The smallest absolute Gasteiger partial charge is 0.237 e. The van der Waals surface area contributed by atoms with Crippen molar-refractivity contribution >= 4 is 34.3 Å². The first-order valence-electron chi connectivity index (χ1n) is 11.1. The largest absolute Gasteiger partial charge is 0.493 e. The molecular formula is C27H27N3O3S. The highest BCUT2D eigenvalue weighted by Crippen LogP contribution is 2.30. The lowest BCUT2D eigenvalue weighted by molar-refractivity contribution is -0.116. The molecule has 0 saturated heterocycles. The average molecular weight is 474 g/mol. The molecule has 4 aromatic rings. The predicted octanol–water partition coefficient (Wildman–Crippen LogP) is 5.53. The number of hydrogen-bond donors (Lipinski definition) is 0. The van der Waals surface area contributed by atoms with Crippen molar-refractivity contribution in [3.05, 3.63) is 84.2 Å². The van der Waals surface area contributed by atoms with E-state index in [4.69, 9.17) is 14.5 Å². The van der Waals surface area contributed by atoms with Gasteiger partial charge in [0.05, 0.1) is 32.0 Å². The third-order valence-corrected chi connectivity index (χ3v) is 6.40. The van der Waals surface area contributed by atoms with Gasteiger partial charge in [0, 0.05) is 17.5 Å². The maximum atomic E-state index is 13.5. The summed E-state index contributed by atoms with van der Waals surface area (Å²) in [5.74, 6) is 2.31. The summed E-state index contributed by atoms with van der Waals surface area (Å²) in [5.41, 5.74) is 2.68. The fraction of sp³-hybridized carbons (Fsp3) is 0.222. The summed E-state index contributed by atoms with van der Waals surface area (Å²) in [6, 6.07) is 23.3. The summed E-state index contributed by atoms with van der Waals surface area (Å²) in [7, 11) is 3.21. The van der Waals surface area contributed by atoms with Gasteiger partial charge < -0.3 is 14.4 Å². The molecule has 0 atom stereocenters. The number of thioether (sulfide) groups is 1. The topological polar surface area (TPSA) is 64.6 Å². The van der Waals surface area contributed by atoms with Gasteiger partial charge >= 0.3 is 0 Å². The van der Waals surface area contributed by atoms with Crippen LogP contribution in [-0.4, -0.2) is 35.8 Å². The molecule has 1 heterocycles. The third kappa shape index (κ3) is 5.31. The monoisotopic (exact) mass is 473 g/mol. The quantitative estimate of drug-likeness (QED) is 0.235. The first-order chi connectivity index (χ1) is 16.6. The zero-order valence-electron chi connectivity index (χ0n) is 19.5. The molecule has 1 aromatic heterocycles. The normalized spacial score (nSPS) is 10.8. The van der Waals surface area contributed by atoms with E-state index < -0.39 is 0 Å². The van der Waals surface area contributed by atoms with Crippen LogP contribution in [0.4, 0.5) is 5.69 Å². The third-order valence-electron chi connectivity index (χ3n) is 5.42. The van der Waals surface area contributed by atoms with Crippen LogP contribution in [0.2, 0.25) is 0 Å². The van der Waals surface area contributed by atoms with E-state index in [2.05, 4.69) is 4.98 Å². The lowest BCUT2D eigenvalue weighted by Gasteiger charge is -2.23. The van der Waals surface area contributed by atoms with Gasteiger partial charge in [-0.25, -0.2) is 9.97 Å². The number of rotatable bonds is 9. The molecule has 3 aromatic carbocycles. The Labute approximate surface area is 203 Å². The molecule has 0 aliphatic carbocycles. The van der Waals surface area contributed by atoms with Crippen molar-refractivity contribution in [3.63, 3.8) is 0 Å². The van der Waals surface area contributed by atoms with E-state index >= 15 is 0 Å². The zero-order valence-corrected chi connectivity index (χ0v) is 20.3. The highest BCUT2D eigenvalue weighted by molar-refractivity contribution is 8.00. The summed E-state index contributed by atoms with van der Waals surface area (Å²) < 4.78 is 10.8. The van der Waals surface area contributed by atoms with E-state index in [-0.39, 0.29) is 11.7 Å². The molecule has 34 heavy (non-hydrogen) atoms. The van der Waals surface area contributed by atoms with Crippen LogP contribution in [0.25, 0.3) is 10.9 Å². The Morgan fingerprint density at radius 3 is 2.38 bits per heavy atom. The Kier molecular flexibility index (Phi) is 7.65. The second-order valence-electron chi connectivity index (χ2n) is 7.61. The van der Waals surface area contributed by atoms with Gasteiger partial charge in [0.15, 0.2) is 11.5 Å². The highest BCUT2D eigenvalue weighted by Gasteiger charge is 2.19. The SMILES string of the molecule is CCc1nc(SCC(=O)N(Cc2ccc(OC)c(OC)c2)c2ccccc2)c2ccccc2n1. The standard InChI is InChI=1S/C27H27N3O3S/c1-4-25-28-22-13-9-8-12-21(22)27(29-25)34-18-26(31)30(20-10-6-5-7-11-20)17-19-14-15-23(32-2)24(16-19)33-3/h5-16H,4,17-18H2,1-3H3. The Bertz CT molecular complexity index is 1280. The molecule has 0 aliphatic heterocycles. The molecule has 4 rings (SSSR count). The van der Waals surface area contributed by atoms with Crippen LogP contribution in [0.3, 0.4) is 0 Å². The van der Waals surface area contributed by atoms with Crippen LogP contribution >= 0.6 is 11.8 Å². The number of carbonyl (C=O) groups excluding carboxylic acids is 1. The number of methoxy groups -OCH3 is 2. The molecule has 0 radical (unpaired) electrons. The van der Waals surface area contributed by atoms with E-state index in [1.54, 1.807) is 19.1 Å². The van der Waals surface area contributed by atoms with Gasteiger partial charge in [-0.1, -0.05) is 61.2 Å². The summed E-state index contributed by atoms with van der Waals surface area (Å²) in [4.78, 5) is 24.6. The van der Waals surface area contributed by atoms with Crippen molar-refractivity contribution in [1.29, 1.82) is 0 Å². The molecule has 0 aliphatic rings. The second-order valence-corrected chi connectivity index (χ2v) is 8.57. The van der Waals surface area contributed by atoms with Gasteiger partial charge in [-0.05, 0) is 35.9 Å². The molecule has 0 bridgehead atoms. The van der Waals surface area contributed by atoms with E-state index in [0.29, 0.717) is 18.0 Å². The highest BCUT2D eigenvalue weighted by atomic mass is 32.2. The van der Waals surface area contributed by atoms with Gasteiger partial charge in [0.1, 0.15) is 10.9 Å². The number of carbonyl (C=O) groups is 1. The Morgan fingerprint density at radius 2 is 1.65 bits per heavy atom. The number of aryl methyl sites for hydroxylation is 1. The van der Waals surface area contributed by atoms with Gasteiger partial charge in [0.25, 0.3) is 0 Å². The lowest BCUT2D eigenvalue weighted by atomic mass is 10.1. The summed E-state index contributed by atoms with van der Waals surface area (Å²) in [6.07, 6.45) is 0.738. The first kappa shape index (κ1) is 23.6.